The van der Waals surface area contributed by atoms with E-state index in [0.29, 0.717) is 18.4 Å². The molecule has 1 heterocycles. The van der Waals surface area contributed by atoms with Crippen LogP contribution < -0.4 is 0 Å². The lowest BCUT2D eigenvalue weighted by Crippen LogP contribution is -2.57. The number of rotatable bonds is 4. The molecule has 1 atom stereocenters. The zero-order valence-corrected chi connectivity index (χ0v) is 14.3. The molecule has 1 N–H and O–H groups in total. The average Bonchev–Trinajstić information content (AvgIpc) is 2.90. The number of carboxylic acids is 1. The van der Waals surface area contributed by atoms with Crippen molar-refractivity contribution in [3.8, 4) is 0 Å². The first-order chi connectivity index (χ1) is 10.2. The molecular weight excluding hydrogens is 280 g/mol. The Morgan fingerprint density at radius 1 is 1.18 bits per heavy atom. The summed E-state index contributed by atoms with van der Waals surface area (Å²) in [4.78, 5) is 24.3. The van der Waals surface area contributed by atoms with Gasteiger partial charge in [-0.15, -0.1) is 0 Å². The maximum absolute atomic E-state index is 12.8. The van der Waals surface area contributed by atoms with Gasteiger partial charge in [0, 0.05) is 18.5 Å². The fourth-order valence-electron chi connectivity index (χ4n) is 3.67. The Labute approximate surface area is 133 Å². The smallest absolute Gasteiger partial charge is 0.322 e. The molecule has 1 aliphatic heterocycles. The van der Waals surface area contributed by atoms with Crippen LogP contribution in [0.1, 0.15) is 66.2 Å². The van der Waals surface area contributed by atoms with Gasteiger partial charge in [0.05, 0.1) is 0 Å². The molecule has 0 aromatic heterocycles. The van der Waals surface area contributed by atoms with Crippen molar-refractivity contribution in [3.63, 3.8) is 0 Å². The molecule has 2 fully saturated rings. The standard InChI is InChI=1S/C17H30N2O3/c1-12(2)15(20)19(13-7-9-17(3,4)10-8-13)18-11-5-6-14(18)16(21)22/h12-14H,5-11H2,1-4H3,(H,21,22). The molecule has 0 spiro atoms. The summed E-state index contributed by atoms with van der Waals surface area (Å²) in [6.07, 6.45) is 5.59. The Hall–Kier alpha value is -1.10. The second-order valence-electron chi connectivity index (χ2n) is 7.89. The minimum absolute atomic E-state index is 0.0675. The van der Waals surface area contributed by atoms with Crippen molar-refractivity contribution < 1.29 is 14.7 Å². The number of carbonyl (C=O) groups excluding carboxylic acids is 1. The number of amides is 1. The second kappa shape index (κ2) is 6.57. The number of aliphatic carboxylic acids is 1. The normalized spacial score (nSPS) is 26.3. The Balaban J connectivity index is 2.20. The molecule has 1 aliphatic carbocycles. The molecule has 2 rings (SSSR count). The lowest BCUT2D eigenvalue weighted by Gasteiger charge is -2.45. The highest BCUT2D eigenvalue weighted by Crippen LogP contribution is 2.38. The van der Waals surface area contributed by atoms with Crippen LogP contribution in [-0.4, -0.2) is 45.6 Å². The third-order valence-electron chi connectivity index (χ3n) is 5.16. The van der Waals surface area contributed by atoms with Gasteiger partial charge in [-0.1, -0.05) is 27.7 Å². The van der Waals surface area contributed by atoms with Crippen molar-refractivity contribution in [2.24, 2.45) is 11.3 Å². The zero-order valence-electron chi connectivity index (χ0n) is 14.3. The van der Waals surface area contributed by atoms with Crippen molar-refractivity contribution in [1.82, 2.24) is 10.0 Å². The van der Waals surface area contributed by atoms with Gasteiger partial charge in [-0.05, 0) is 43.9 Å². The van der Waals surface area contributed by atoms with Crippen LogP contribution in [0.5, 0.6) is 0 Å². The first-order valence-electron chi connectivity index (χ1n) is 8.55. The van der Waals surface area contributed by atoms with Crippen molar-refractivity contribution in [3.05, 3.63) is 0 Å². The SMILES string of the molecule is CC(C)C(=O)N(C1CCC(C)(C)CC1)N1CCCC1C(=O)O. The van der Waals surface area contributed by atoms with Crippen LogP contribution in [0.15, 0.2) is 0 Å². The summed E-state index contributed by atoms with van der Waals surface area (Å²) in [5.41, 5.74) is 0.334. The molecule has 1 saturated heterocycles. The fraction of sp³-hybridized carbons (Fsp3) is 0.882. The quantitative estimate of drug-likeness (QED) is 0.867. The molecule has 1 unspecified atom stereocenters. The molecule has 0 aromatic carbocycles. The van der Waals surface area contributed by atoms with E-state index in [9.17, 15) is 14.7 Å². The van der Waals surface area contributed by atoms with Crippen LogP contribution in [-0.2, 0) is 9.59 Å². The maximum Gasteiger partial charge on any atom is 0.322 e. The van der Waals surface area contributed by atoms with Crippen molar-refractivity contribution in [1.29, 1.82) is 0 Å². The number of hydrazine groups is 1. The second-order valence-corrected chi connectivity index (χ2v) is 7.89. The van der Waals surface area contributed by atoms with Crippen LogP contribution in [0.2, 0.25) is 0 Å². The van der Waals surface area contributed by atoms with Gasteiger partial charge in [-0.2, -0.15) is 0 Å². The van der Waals surface area contributed by atoms with E-state index in [2.05, 4.69) is 13.8 Å². The summed E-state index contributed by atoms with van der Waals surface area (Å²) in [6.45, 7) is 9.01. The average molecular weight is 310 g/mol. The summed E-state index contributed by atoms with van der Waals surface area (Å²) in [6, 6.07) is -0.388. The highest BCUT2D eigenvalue weighted by Gasteiger charge is 2.42. The maximum atomic E-state index is 12.8. The summed E-state index contributed by atoms with van der Waals surface area (Å²) >= 11 is 0. The zero-order chi connectivity index (χ0) is 16.5. The summed E-state index contributed by atoms with van der Waals surface area (Å²) in [5.74, 6) is -0.849. The molecule has 5 nitrogen and oxygen atoms in total. The molecule has 1 saturated carbocycles. The number of hydrogen-bond donors (Lipinski definition) is 1. The predicted octanol–water partition coefficient (Wildman–Crippen LogP) is 2.90. The van der Waals surface area contributed by atoms with Crippen molar-refractivity contribution in [2.75, 3.05) is 6.54 Å². The van der Waals surface area contributed by atoms with E-state index >= 15 is 0 Å². The highest BCUT2D eigenvalue weighted by atomic mass is 16.4. The molecular formula is C17H30N2O3. The molecule has 0 bridgehead atoms. The Kier molecular flexibility index (Phi) is 5.15. The highest BCUT2D eigenvalue weighted by molar-refractivity contribution is 5.79. The predicted molar refractivity (Wildman–Crippen MR) is 85.1 cm³/mol. The van der Waals surface area contributed by atoms with E-state index in [1.807, 2.05) is 23.9 Å². The van der Waals surface area contributed by atoms with Gasteiger partial charge < -0.3 is 5.11 Å². The van der Waals surface area contributed by atoms with Gasteiger partial charge in [0.15, 0.2) is 0 Å². The van der Waals surface area contributed by atoms with Gasteiger partial charge >= 0.3 is 5.97 Å². The summed E-state index contributed by atoms with van der Waals surface area (Å²) in [7, 11) is 0. The summed E-state index contributed by atoms with van der Waals surface area (Å²) < 4.78 is 0. The lowest BCUT2D eigenvalue weighted by atomic mass is 9.75. The van der Waals surface area contributed by atoms with Crippen LogP contribution in [0.3, 0.4) is 0 Å². The molecule has 0 aromatic rings. The van der Waals surface area contributed by atoms with Crippen molar-refractivity contribution in [2.45, 2.75) is 78.3 Å². The molecule has 126 valence electrons. The first-order valence-corrected chi connectivity index (χ1v) is 8.55. The van der Waals surface area contributed by atoms with Gasteiger partial charge in [-0.3, -0.25) is 14.6 Å². The van der Waals surface area contributed by atoms with E-state index in [-0.39, 0.29) is 17.9 Å². The summed E-state index contributed by atoms with van der Waals surface area (Å²) in [5, 5.41) is 13.1. The minimum atomic E-state index is -0.810. The molecule has 0 radical (unpaired) electrons. The van der Waals surface area contributed by atoms with E-state index < -0.39 is 12.0 Å². The van der Waals surface area contributed by atoms with Crippen LogP contribution in [0.25, 0.3) is 0 Å². The fourth-order valence-corrected chi connectivity index (χ4v) is 3.67. The van der Waals surface area contributed by atoms with Gasteiger partial charge in [0.25, 0.3) is 0 Å². The van der Waals surface area contributed by atoms with Gasteiger partial charge in [-0.25, -0.2) is 5.01 Å². The Bertz CT molecular complexity index is 424. The third kappa shape index (κ3) is 3.62. The van der Waals surface area contributed by atoms with E-state index in [1.165, 1.54) is 0 Å². The van der Waals surface area contributed by atoms with Gasteiger partial charge in [0.2, 0.25) is 5.91 Å². The van der Waals surface area contributed by atoms with Crippen LogP contribution in [0, 0.1) is 11.3 Å². The van der Waals surface area contributed by atoms with Crippen LogP contribution in [0.4, 0.5) is 0 Å². The Morgan fingerprint density at radius 2 is 1.77 bits per heavy atom. The van der Waals surface area contributed by atoms with Crippen LogP contribution >= 0.6 is 0 Å². The molecule has 22 heavy (non-hydrogen) atoms. The first kappa shape index (κ1) is 17.3. The topological polar surface area (TPSA) is 60.9 Å². The molecule has 2 aliphatic rings. The van der Waals surface area contributed by atoms with E-state index in [1.54, 1.807) is 0 Å². The van der Waals surface area contributed by atoms with Gasteiger partial charge in [0.1, 0.15) is 6.04 Å². The van der Waals surface area contributed by atoms with E-state index in [4.69, 9.17) is 0 Å². The largest absolute Gasteiger partial charge is 0.480 e. The molecule has 1 amide bonds. The third-order valence-corrected chi connectivity index (χ3v) is 5.16. The number of nitrogens with zero attached hydrogens (tertiary/aromatic N) is 2. The van der Waals surface area contributed by atoms with Crippen molar-refractivity contribution >= 4 is 11.9 Å². The number of carbonyl (C=O) groups is 2. The minimum Gasteiger partial charge on any atom is -0.480 e. The lowest BCUT2D eigenvalue weighted by molar-refractivity contribution is -0.171. The number of hydrogen-bond acceptors (Lipinski definition) is 3. The number of carboxylic acid groups (broad SMARTS) is 1. The Morgan fingerprint density at radius 3 is 2.27 bits per heavy atom. The molecule has 5 heteroatoms. The van der Waals surface area contributed by atoms with E-state index in [0.717, 1.165) is 32.1 Å². The monoisotopic (exact) mass is 310 g/mol.